The van der Waals surface area contributed by atoms with Crippen molar-refractivity contribution in [2.45, 2.75) is 20.8 Å². The molecule has 0 bridgehead atoms. The molecule has 212 valence electrons. The van der Waals surface area contributed by atoms with E-state index in [0.29, 0.717) is 73.9 Å². The largest absolute Gasteiger partial charge is 0.378 e. The maximum absolute atomic E-state index is 9.40. The number of hydrogen-bond acceptors (Lipinski definition) is 11. The van der Waals surface area contributed by atoms with E-state index in [9.17, 15) is 10.5 Å². The second kappa shape index (κ2) is 18.4. The second-order valence-electron chi connectivity index (χ2n) is 8.96. The Balaban J connectivity index is 1.68. The van der Waals surface area contributed by atoms with Gasteiger partial charge >= 0.3 is 0 Å². The van der Waals surface area contributed by atoms with Crippen molar-refractivity contribution in [2.75, 3.05) is 91.5 Å². The first kappa shape index (κ1) is 32.3. The smallest absolute Gasteiger partial charge is 0.158 e. The summed E-state index contributed by atoms with van der Waals surface area (Å²) in [5.74, 6) is 0. The normalized spacial score (nSPS) is 11.3. The van der Waals surface area contributed by atoms with Gasteiger partial charge in [0.15, 0.2) is 5.00 Å². The monoisotopic (exact) mass is 556 g/mol. The van der Waals surface area contributed by atoms with Crippen LogP contribution in [0.1, 0.15) is 28.5 Å². The Morgan fingerprint density at radius 1 is 0.821 bits per heavy atom. The summed E-state index contributed by atoms with van der Waals surface area (Å²) in [4.78, 5) is 4.81. The third-order valence-corrected chi connectivity index (χ3v) is 6.90. The van der Waals surface area contributed by atoms with Crippen molar-refractivity contribution in [3.63, 3.8) is 0 Å². The molecule has 0 spiro atoms. The third-order valence-electron chi connectivity index (χ3n) is 5.82. The van der Waals surface area contributed by atoms with Gasteiger partial charge in [0.2, 0.25) is 0 Å². The van der Waals surface area contributed by atoms with Crippen molar-refractivity contribution in [2.24, 2.45) is 10.2 Å². The van der Waals surface area contributed by atoms with Crippen LogP contribution >= 0.6 is 11.3 Å². The molecule has 10 nitrogen and oxygen atoms in total. The summed E-state index contributed by atoms with van der Waals surface area (Å²) < 4.78 is 22.3. The van der Waals surface area contributed by atoms with Crippen LogP contribution in [0.3, 0.4) is 0 Å². The van der Waals surface area contributed by atoms with E-state index in [1.54, 1.807) is 6.92 Å². The predicted octanol–water partition coefficient (Wildman–Crippen LogP) is 4.98. The Labute approximate surface area is 236 Å². The fraction of sp³-hybridized carbons (Fsp3) is 0.571. The number of aryl methyl sites for hydroxylation is 1. The first-order chi connectivity index (χ1) is 18.9. The van der Waals surface area contributed by atoms with E-state index in [4.69, 9.17) is 18.9 Å². The lowest BCUT2D eigenvalue weighted by Gasteiger charge is -2.23. The lowest BCUT2D eigenvalue weighted by atomic mass is 10.1. The van der Waals surface area contributed by atoms with Crippen LogP contribution in [0.5, 0.6) is 0 Å². The fourth-order valence-corrected chi connectivity index (χ4v) is 4.38. The van der Waals surface area contributed by atoms with Gasteiger partial charge in [-0.2, -0.15) is 10.5 Å². The van der Waals surface area contributed by atoms with E-state index in [0.717, 1.165) is 36.6 Å². The van der Waals surface area contributed by atoms with Gasteiger partial charge in [-0.25, -0.2) is 0 Å². The molecule has 1 aromatic carbocycles. The van der Waals surface area contributed by atoms with Crippen LogP contribution in [0.4, 0.5) is 16.4 Å². The first-order valence-electron chi connectivity index (χ1n) is 13.1. The molecule has 0 saturated heterocycles. The van der Waals surface area contributed by atoms with Crippen LogP contribution in [0, 0.1) is 36.5 Å². The zero-order valence-corrected chi connectivity index (χ0v) is 24.6. The number of thiophene rings is 1. The van der Waals surface area contributed by atoms with Crippen molar-refractivity contribution in [3.05, 3.63) is 39.8 Å². The highest BCUT2D eigenvalue weighted by molar-refractivity contribution is 7.16. The third kappa shape index (κ3) is 11.4. The Hall–Kier alpha value is -2.90. The molecule has 0 aliphatic rings. The van der Waals surface area contributed by atoms with Gasteiger partial charge in [-0.1, -0.05) is 0 Å². The minimum atomic E-state index is 0.405. The minimum absolute atomic E-state index is 0.405. The molecule has 0 radical (unpaired) electrons. The molecule has 1 aromatic heterocycles. The molecular formula is C28H40N6O4S. The van der Waals surface area contributed by atoms with Crippen LogP contribution in [-0.4, -0.2) is 91.5 Å². The number of nitriles is 2. The van der Waals surface area contributed by atoms with Crippen molar-refractivity contribution in [1.82, 2.24) is 4.90 Å². The number of azo groups is 1. The summed E-state index contributed by atoms with van der Waals surface area (Å²) >= 11 is 1.18. The lowest BCUT2D eigenvalue weighted by Crippen LogP contribution is -2.27. The van der Waals surface area contributed by atoms with E-state index in [1.807, 2.05) is 33.2 Å². The van der Waals surface area contributed by atoms with Crippen LogP contribution in [0.15, 0.2) is 28.4 Å². The van der Waals surface area contributed by atoms with Gasteiger partial charge in [-0.05, 0) is 64.2 Å². The topological polar surface area (TPSA) is 116 Å². The molecular weight excluding hydrogens is 516 g/mol. The van der Waals surface area contributed by atoms with Gasteiger partial charge < -0.3 is 28.7 Å². The molecule has 2 aromatic rings. The molecule has 0 atom stereocenters. The summed E-state index contributed by atoms with van der Waals surface area (Å²) in [6.45, 7) is 13.0. The van der Waals surface area contributed by atoms with Gasteiger partial charge in [-0.3, -0.25) is 0 Å². The maximum Gasteiger partial charge on any atom is 0.158 e. The molecule has 1 heterocycles. The Kier molecular flexibility index (Phi) is 15.2. The number of hydrogen-bond donors (Lipinski definition) is 0. The number of nitrogens with zero attached hydrogens (tertiary/aromatic N) is 6. The molecule has 0 saturated carbocycles. The zero-order chi connectivity index (χ0) is 28.5. The highest BCUT2D eigenvalue weighted by atomic mass is 32.1. The highest BCUT2D eigenvalue weighted by Gasteiger charge is 2.14. The van der Waals surface area contributed by atoms with E-state index >= 15 is 0 Å². The molecule has 0 aliphatic carbocycles. The fourth-order valence-electron chi connectivity index (χ4n) is 3.51. The summed E-state index contributed by atoms with van der Waals surface area (Å²) in [6, 6.07) is 10.2. The molecule has 0 fully saturated rings. The molecule has 2 rings (SSSR count). The molecule has 0 aliphatic heterocycles. The molecule has 0 unspecified atom stereocenters. The maximum atomic E-state index is 9.40. The standard InChI is InChI=1S/C28H40N6O4S/c1-6-34(10-12-36-14-16-38-18-17-37-15-13-35-11-9-33(4)5)24-7-8-26(22(2)19-24)31-32-28-25(20-29)23(3)27(21-30)39-28/h7-8,19H,6,9-18H2,1-5H3/b32-31+. The van der Waals surface area contributed by atoms with Crippen molar-refractivity contribution in [3.8, 4) is 12.1 Å². The second-order valence-corrected chi connectivity index (χ2v) is 9.96. The van der Waals surface area contributed by atoms with Gasteiger partial charge in [0.1, 0.15) is 17.0 Å². The molecule has 0 N–H and O–H groups in total. The number of rotatable bonds is 19. The van der Waals surface area contributed by atoms with Gasteiger partial charge in [-0.15, -0.1) is 21.6 Å². The average Bonchev–Trinajstić information content (AvgIpc) is 3.24. The summed E-state index contributed by atoms with van der Waals surface area (Å²) in [5, 5.41) is 27.7. The zero-order valence-electron chi connectivity index (χ0n) is 23.7. The van der Waals surface area contributed by atoms with Crippen molar-refractivity contribution in [1.29, 1.82) is 10.5 Å². The van der Waals surface area contributed by atoms with E-state index < -0.39 is 0 Å². The Morgan fingerprint density at radius 2 is 1.41 bits per heavy atom. The summed E-state index contributed by atoms with van der Waals surface area (Å²) in [7, 11) is 4.04. The van der Waals surface area contributed by atoms with E-state index in [1.165, 1.54) is 11.3 Å². The summed E-state index contributed by atoms with van der Waals surface area (Å²) in [5.41, 5.74) is 3.83. The van der Waals surface area contributed by atoms with Gasteiger partial charge in [0.05, 0.1) is 64.1 Å². The number of anilines is 1. The number of likely N-dealkylation sites (N-methyl/N-ethyl adjacent to an activating group) is 2. The van der Waals surface area contributed by atoms with Crippen LogP contribution < -0.4 is 4.90 Å². The van der Waals surface area contributed by atoms with E-state index in [2.05, 4.69) is 45.2 Å². The highest BCUT2D eigenvalue weighted by Crippen LogP contribution is 2.36. The number of benzene rings is 1. The Bertz CT molecular complexity index is 1120. The van der Waals surface area contributed by atoms with Crippen LogP contribution in [-0.2, 0) is 18.9 Å². The van der Waals surface area contributed by atoms with E-state index in [-0.39, 0.29) is 0 Å². The van der Waals surface area contributed by atoms with Gasteiger partial charge in [0, 0.05) is 25.3 Å². The predicted molar refractivity (Wildman–Crippen MR) is 154 cm³/mol. The van der Waals surface area contributed by atoms with Crippen LogP contribution in [0.2, 0.25) is 0 Å². The minimum Gasteiger partial charge on any atom is -0.378 e. The number of ether oxygens (including phenoxy) is 4. The first-order valence-corrected chi connectivity index (χ1v) is 13.9. The summed E-state index contributed by atoms with van der Waals surface area (Å²) in [6.07, 6.45) is 0. The Morgan fingerprint density at radius 3 is 1.92 bits per heavy atom. The average molecular weight is 557 g/mol. The van der Waals surface area contributed by atoms with Crippen molar-refractivity contribution >= 4 is 27.7 Å². The quantitative estimate of drug-likeness (QED) is 0.176. The SMILES string of the molecule is CCN(CCOCCOCCOCCOCCN(C)C)c1ccc(/N=N/c2sc(C#N)c(C)c2C#N)c(C)c1. The molecule has 11 heteroatoms. The molecule has 39 heavy (non-hydrogen) atoms. The molecule has 0 amide bonds. The van der Waals surface area contributed by atoms with Gasteiger partial charge in [0.25, 0.3) is 0 Å². The van der Waals surface area contributed by atoms with Crippen molar-refractivity contribution < 1.29 is 18.9 Å². The lowest BCUT2D eigenvalue weighted by molar-refractivity contribution is -0.00224. The van der Waals surface area contributed by atoms with Crippen LogP contribution in [0.25, 0.3) is 0 Å².